The van der Waals surface area contributed by atoms with Gasteiger partial charge in [-0.1, -0.05) is 37.6 Å². The second kappa shape index (κ2) is 8.63. The first-order chi connectivity index (χ1) is 14.8. The largest absolute Gasteiger partial charge is 0.497 e. The maximum atomic E-state index is 13.3. The summed E-state index contributed by atoms with van der Waals surface area (Å²) in [6.45, 7) is 5.11. The summed E-state index contributed by atoms with van der Waals surface area (Å²) in [6, 6.07) is 12.1. The van der Waals surface area contributed by atoms with Crippen molar-refractivity contribution >= 4 is 28.6 Å². The quantitative estimate of drug-likeness (QED) is 0.314. The highest BCUT2D eigenvalue weighted by molar-refractivity contribution is 6.14. The lowest BCUT2D eigenvalue weighted by Crippen LogP contribution is -2.41. The summed E-state index contributed by atoms with van der Waals surface area (Å²) in [7, 11) is 1.50. The van der Waals surface area contributed by atoms with Crippen molar-refractivity contribution < 1.29 is 29.0 Å². The predicted molar refractivity (Wildman–Crippen MR) is 116 cm³/mol. The minimum Gasteiger partial charge on any atom is -0.497 e. The number of carboxylic acid groups (broad SMARTS) is 1. The van der Waals surface area contributed by atoms with E-state index in [-0.39, 0.29) is 30.1 Å². The third kappa shape index (κ3) is 3.91. The molecule has 3 rings (SSSR count). The Morgan fingerprint density at radius 2 is 1.77 bits per heavy atom. The minimum absolute atomic E-state index is 0.00192. The molecule has 1 aromatic heterocycles. The molecule has 0 saturated carbocycles. The van der Waals surface area contributed by atoms with Crippen LogP contribution in [0, 0.1) is 12.3 Å². The van der Waals surface area contributed by atoms with E-state index in [1.54, 1.807) is 50.2 Å². The number of ketones is 1. The Labute approximate surface area is 180 Å². The number of carboxylic acids is 1. The molecule has 2 N–H and O–H groups in total. The van der Waals surface area contributed by atoms with Crippen LogP contribution in [0.15, 0.2) is 42.5 Å². The summed E-state index contributed by atoms with van der Waals surface area (Å²) in [4.78, 5) is 41.2. The van der Waals surface area contributed by atoms with E-state index in [0.29, 0.717) is 22.2 Å². The molecule has 0 unspecified atom stereocenters. The van der Waals surface area contributed by atoms with Gasteiger partial charge >= 0.3 is 11.9 Å². The average molecular weight is 423 g/mol. The Kier molecular flexibility index (Phi) is 6.15. The Morgan fingerprint density at radius 1 is 1.06 bits per heavy atom. The van der Waals surface area contributed by atoms with Crippen molar-refractivity contribution in [1.82, 2.24) is 4.98 Å². The number of rotatable bonds is 8. The molecule has 0 aliphatic heterocycles. The number of benzene rings is 2. The Hall–Kier alpha value is -3.61. The summed E-state index contributed by atoms with van der Waals surface area (Å²) in [5.41, 5.74) is 0.268. The number of ether oxygens (including phenoxy) is 2. The zero-order chi connectivity index (χ0) is 22.8. The van der Waals surface area contributed by atoms with Gasteiger partial charge in [-0.05, 0) is 44.0 Å². The van der Waals surface area contributed by atoms with Gasteiger partial charge in [0.2, 0.25) is 5.78 Å². The molecule has 0 fully saturated rings. The molecule has 0 saturated heterocycles. The summed E-state index contributed by atoms with van der Waals surface area (Å²) >= 11 is 0. The molecule has 0 spiro atoms. The molecule has 0 radical (unpaired) electrons. The van der Waals surface area contributed by atoms with E-state index >= 15 is 0 Å². The number of methoxy groups -OCH3 is 1. The molecule has 0 aliphatic carbocycles. The van der Waals surface area contributed by atoms with Crippen molar-refractivity contribution in [2.45, 2.75) is 33.6 Å². The van der Waals surface area contributed by atoms with Crippen LogP contribution in [-0.2, 0) is 9.59 Å². The van der Waals surface area contributed by atoms with Gasteiger partial charge in [-0.2, -0.15) is 0 Å². The number of hydrogen-bond acceptors (Lipinski definition) is 5. The number of aromatic amines is 1. The number of hydrogen-bond donors (Lipinski definition) is 2. The number of aryl methyl sites for hydroxylation is 1. The van der Waals surface area contributed by atoms with E-state index in [4.69, 9.17) is 9.47 Å². The molecule has 0 bridgehead atoms. The monoisotopic (exact) mass is 423 g/mol. The number of esters is 1. The molecule has 162 valence electrons. The number of H-pyrrole nitrogens is 1. The van der Waals surface area contributed by atoms with Crippen molar-refractivity contribution in [3.05, 3.63) is 59.3 Å². The summed E-state index contributed by atoms with van der Waals surface area (Å²) < 4.78 is 10.9. The van der Waals surface area contributed by atoms with Crippen LogP contribution in [0.5, 0.6) is 11.5 Å². The van der Waals surface area contributed by atoms with Gasteiger partial charge in [-0.25, -0.2) is 0 Å². The fraction of sp³-hybridized carbons (Fsp3) is 0.292. The number of fused-ring (bicyclic) bond motifs is 1. The van der Waals surface area contributed by atoms with Gasteiger partial charge in [0.15, 0.2) is 11.2 Å². The van der Waals surface area contributed by atoms with E-state index in [1.807, 2.05) is 13.0 Å². The Morgan fingerprint density at radius 3 is 2.35 bits per heavy atom. The lowest BCUT2D eigenvalue weighted by Gasteiger charge is -2.24. The minimum atomic E-state index is -1.70. The van der Waals surface area contributed by atoms with Gasteiger partial charge < -0.3 is 19.6 Å². The highest BCUT2D eigenvalue weighted by atomic mass is 16.5. The molecule has 0 atom stereocenters. The van der Waals surface area contributed by atoms with Crippen LogP contribution in [0.1, 0.15) is 48.3 Å². The molecule has 1 heterocycles. The standard InChI is InChI=1S/C24H25NO6/c1-5-24(6-2,22(27)28)23(29)31-21-17-13-16(30-4)10-11-18(17)25-19(21)20(26)15-9-7-8-14(3)12-15/h7-13,25H,5-6H2,1-4H3,(H,27,28). The fourth-order valence-corrected chi connectivity index (χ4v) is 3.59. The first kappa shape index (κ1) is 22.1. The molecule has 3 aromatic rings. The molecule has 0 amide bonds. The van der Waals surface area contributed by atoms with E-state index in [0.717, 1.165) is 5.56 Å². The first-order valence-electron chi connectivity index (χ1n) is 10.0. The summed E-state index contributed by atoms with van der Waals surface area (Å²) in [5.74, 6) is -2.03. The second-order valence-electron chi connectivity index (χ2n) is 7.42. The van der Waals surface area contributed by atoms with Gasteiger partial charge in [0, 0.05) is 10.9 Å². The van der Waals surface area contributed by atoms with Crippen LogP contribution in [0.4, 0.5) is 0 Å². The maximum Gasteiger partial charge on any atom is 0.328 e. The first-order valence-corrected chi connectivity index (χ1v) is 10.0. The maximum absolute atomic E-state index is 13.3. The van der Waals surface area contributed by atoms with Crippen molar-refractivity contribution in [2.24, 2.45) is 5.41 Å². The number of nitrogens with one attached hydrogen (secondary N) is 1. The predicted octanol–water partition coefficient (Wildman–Crippen LogP) is 4.51. The molecule has 31 heavy (non-hydrogen) atoms. The van der Waals surface area contributed by atoms with Crippen LogP contribution in [0.3, 0.4) is 0 Å². The average Bonchev–Trinajstić information content (AvgIpc) is 3.11. The smallest absolute Gasteiger partial charge is 0.328 e. The van der Waals surface area contributed by atoms with Crippen LogP contribution < -0.4 is 9.47 Å². The van der Waals surface area contributed by atoms with E-state index in [9.17, 15) is 19.5 Å². The van der Waals surface area contributed by atoms with Crippen molar-refractivity contribution in [3.63, 3.8) is 0 Å². The van der Waals surface area contributed by atoms with Crippen LogP contribution in [0.25, 0.3) is 10.9 Å². The third-order valence-electron chi connectivity index (χ3n) is 5.67. The molecule has 7 heteroatoms. The van der Waals surface area contributed by atoms with Gasteiger partial charge in [-0.15, -0.1) is 0 Å². The normalized spacial score (nSPS) is 11.4. The lowest BCUT2D eigenvalue weighted by atomic mass is 9.82. The zero-order valence-electron chi connectivity index (χ0n) is 17.9. The summed E-state index contributed by atoms with van der Waals surface area (Å²) in [5, 5.41) is 10.2. The van der Waals surface area contributed by atoms with Gasteiger partial charge in [0.25, 0.3) is 0 Å². The van der Waals surface area contributed by atoms with Crippen molar-refractivity contribution in [3.8, 4) is 11.5 Å². The lowest BCUT2D eigenvalue weighted by molar-refractivity contribution is -0.163. The molecule has 2 aromatic carbocycles. The van der Waals surface area contributed by atoms with E-state index < -0.39 is 17.4 Å². The number of carbonyl (C=O) groups excluding carboxylic acids is 2. The number of carbonyl (C=O) groups is 3. The van der Waals surface area contributed by atoms with Gasteiger partial charge in [-0.3, -0.25) is 14.4 Å². The highest BCUT2D eigenvalue weighted by Crippen LogP contribution is 2.37. The summed E-state index contributed by atoms with van der Waals surface area (Å²) in [6.07, 6.45) is 0.120. The highest BCUT2D eigenvalue weighted by Gasteiger charge is 2.45. The molecule has 7 nitrogen and oxygen atoms in total. The molecular weight excluding hydrogens is 398 g/mol. The fourth-order valence-electron chi connectivity index (χ4n) is 3.59. The molecular formula is C24H25NO6. The SMILES string of the molecule is CCC(CC)(C(=O)O)C(=O)Oc1c(C(=O)c2cccc(C)c2)[nH]c2ccc(OC)cc12. The van der Waals surface area contributed by atoms with Crippen LogP contribution in [-0.4, -0.2) is 34.9 Å². The van der Waals surface area contributed by atoms with Crippen molar-refractivity contribution in [1.29, 1.82) is 0 Å². The van der Waals surface area contributed by atoms with Crippen LogP contribution in [0.2, 0.25) is 0 Å². The van der Waals surface area contributed by atoms with E-state index in [1.165, 1.54) is 7.11 Å². The van der Waals surface area contributed by atoms with E-state index in [2.05, 4.69) is 4.98 Å². The Bertz CT molecular complexity index is 1160. The van der Waals surface area contributed by atoms with Crippen LogP contribution >= 0.6 is 0 Å². The Balaban J connectivity index is 2.18. The van der Waals surface area contributed by atoms with Gasteiger partial charge in [0.1, 0.15) is 11.4 Å². The zero-order valence-corrected chi connectivity index (χ0v) is 17.9. The number of aromatic nitrogens is 1. The van der Waals surface area contributed by atoms with Gasteiger partial charge in [0.05, 0.1) is 12.6 Å². The second-order valence-corrected chi connectivity index (χ2v) is 7.42. The molecule has 0 aliphatic rings. The number of aliphatic carboxylic acids is 1. The van der Waals surface area contributed by atoms with Crippen molar-refractivity contribution in [2.75, 3.05) is 7.11 Å². The topological polar surface area (TPSA) is 106 Å². The third-order valence-corrected chi connectivity index (χ3v) is 5.67.